The van der Waals surface area contributed by atoms with Gasteiger partial charge < -0.3 is 4.90 Å². The van der Waals surface area contributed by atoms with Crippen molar-refractivity contribution in [1.29, 1.82) is 0 Å². The van der Waals surface area contributed by atoms with Crippen LogP contribution < -0.4 is 0 Å². The van der Waals surface area contributed by atoms with Gasteiger partial charge in [-0.25, -0.2) is 0 Å². The Morgan fingerprint density at radius 1 is 1.23 bits per heavy atom. The molecule has 1 aromatic heterocycles. The molecule has 1 aromatic carbocycles. The molecule has 1 atom stereocenters. The highest BCUT2D eigenvalue weighted by molar-refractivity contribution is 8.00. The highest BCUT2D eigenvalue weighted by atomic mass is 35.5. The molecule has 0 bridgehead atoms. The Labute approximate surface area is 141 Å². The molecule has 22 heavy (non-hydrogen) atoms. The summed E-state index contributed by atoms with van der Waals surface area (Å²) >= 11 is 1.71. The number of aryl methyl sites for hydroxylation is 1. The molecule has 0 aliphatic carbocycles. The van der Waals surface area contributed by atoms with Crippen molar-refractivity contribution in [2.24, 2.45) is 0 Å². The fraction of sp³-hybridized carbons (Fsp3) is 0.294. The van der Waals surface area contributed by atoms with E-state index in [1.807, 2.05) is 23.1 Å². The number of carbonyl (C=O) groups excluding carboxylic acids is 1. The number of carbonyl (C=O) groups is 1. The van der Waals surface area contributed by atoms with Crippen molar-refractivity contribution in [2.45, 2.75) is 18.7 Å². The summed E-state index contributed by atoms with van der Waals surface area (Å²) in [6, 6.07) is 14.4. The SMILES string of the molecule is Cc1ccc(C2SCC(=O)N2CCc2ccccn2)cc1.Cl. The number of hydrogen-bond acceptors (Lipinski definition) is 3. The van der Waals surface area contributed by atoms with Crippen LogP contribution in [-0.4, -0.2) is 28.1 Å². The summed E-state index contributed by atoms with van der Waals surface area (Å²) in [5.41, 5.74) is 3.48. The van der Waals surface area contributed by atoms with Crippen LogP contribution in [0, 0.1) is 6.92 Å². The second kappa shape index (κ2) is 7.65. The molecule has 0 saturated carbocycles. The highest BCUT2D eigenvalue weighted by Crippen LogP contribution is 2.38. The molecule has 5 heteroatoms. The molecule has 116 valence electrons. The quantitative estimate of drug-likeness (QED) is 0.856. The van der Waals surface area contributed by atoms with Crippen LogP contribution >= 0.6 is 24.2 Å². The predicted molar refractivity (Wildman–Crippen MR) is 93.3 cm³/mol. The topological polar surface area (TPSA) is 33.2 Å². The predicted octanol–water partition coefficient (Wildman–Crippen LogP) is 3.63. The summed E-state index contributed by atoms with van der Waals surface area (Å²) in [6.07, 6.45) is 2.60. The van der Waals surface area contributed by atoms with Gasteiger partial charge in [-0.05, 0) is 24.6 Å². The summed E-state index contributed by atoms with van der Waals surface area (Å²) in [5, 5.41) is 0.141. The monoisotopic (exact) mass is 334 g/mol. The average molecular weight is 335 g/mol. The zero-order valence-corrected chi connectivity index (χ0v) is 14.1. The molecule has 1 aliphatic rings. The summed E-state index contributed by atoms with van der Waals surface area (Å²) in [7, 11) is 0. The normalized spacial score (nSPS) is 17.4. The number of nitrogens with zero attached hydrogens (tertiary/aromatic N) is 2. The van der Waals surface area contributed by atoms with Gasteiger partial charge in [-0.1, -0.05) is 35.9 Å². The third-order valence-electron chi connectivity index (χ3n) is 3.67. The number of benzene rings is 1. The van der Waals surface area contributed by atoms with E-state index in [9.17, 15) is 4.79 Å². The Morgan fingerprint density at radius 3 is 2.68 bits per heavy atom. The zero-order chi connectivity index (χ0) is 14.7. The third kappa shape index (κ3) is 3.81. The summed E-state index contributed by atoms with van der Waals surface area (Å²) in [5.74, 6) is 0.794. The number of rotatable bonds is 4. The number of hydrogen-bond donors (Lipinski definition) is 0. The van der Waals surface area contributed by atoms with Crippen LogP contribution in [0.4, 0.5) is 0 Å². The molecular formula is C17H19ClN2OS. The first-order valence-corrected chi connectivity index (χ1v) is 8.16. The molecule has 1 fully saturated rings. The van der Waals surface area contributed by atoms with Crippen molar-refractivity contribution in [3.63, 3.8) is 0 Å². The lowest BCUT2D eigenvalue weighted by molar-refractivity contribution is -0.128. The summed E-state index contributed by atoms with van der Waals surface area (Å²) in [6.45, 7) is 2.80. The lowest BCUT2D eigenvalue weighted by Gasteiger charge is -2.24. The lowest BCUT2D eigenvalue weighted by Crippen LogP contribution is -2.30. The molecule has 1 aliphatic heterocycles. The van der Waals surface area contributed by atoms with E-state index in [4.69, 9.17) is 0 Å². The molecular weight excluding hydrogens is 316 g/mol. The largest absolute Gasteiger partial charge is 0.325 e. The molecule has 3 nitrogen and oxygen atoms in total. The van der Waals surface area contributed by atoms with Gasteiger partial charge in [-0.3, -0.25) is 9.78 Å². The number of amides is 1. The van der Waals surface area contributed by atoms with Crippen LogP contribution in [-0.2, 0) is 11.2 Å². The van der Waals surface area contributed by atoms with Crippen molar-refractivity contribution in [3.8, 4) is 0 Å². The van der Waals surface area contributed by atoms with E-state index in [1.165, 1.54) is 11.1 Å². The van der Waals surface area contributed by atoms with Gasteiger partial charge in [0.25, 0.3) is 0 Å². The molecule has 1 saturated heterocycles. The average Bonchev–Trinajstić information content (AvgIpc) is 2.88. The van der Waals surface area contributed by atoms with Crippen LogP contribution in [0.25, 0.3) is 0 Å². The maximum absolute atomic E-state index is 12.1. The first kappa shape index (κ1) is 16.8. The second-order valence-corrected chi connectivity index (χ2v) is 6.30. The first-order valence-electron chi connectivity index (χ1n) is 7.11. The Hall–Kier alpha value is -1.52. The Bertz CT molecular complexity index is 618. The number of pyridine rings is 1. The van der Waals surface area contributed by atoms with Gasteiger partial charge in [-0.2, -0.15) is 0 Å². The van der Waals surface area contributed by atoms with Crippen molar-refractivity contribution in [2.75, 3.05) is 12.3 Å². The molecule has 2 heterocycles. The van der Waals surface area contributed by atoms with Gasteiger partial charge in [0.05, 0.1) is 5.75 Å². The molecule has 1 amide bonds. The minimum absolute atomic E-state index is 0. The van der Waals surface area contributed by atoms with Crippen LogP contribution in [0.1, 0.15) is 22.2 Å². The lowest BCUT2D eigenvalue weighted by atomic mass is 10.1. The first-order chi connectivity index (χ1) is 10.2. The van der Waals surface area contributed by atoms with Crippen LogP contribution in [0.2, 0.25) is 0 Å². The van der Waals surface area contributed by atoms with Crippen molar-refractivity contribution in [3.05, 3.63) is 65.5 Å². The van der Waals surface area contributed by atoms with Gasteiger partial charge >= 0.3 is 0 Å². The molecule has 1 unspecified atom stereocenters. The standard InChI is InChI=1S/C17H18N2OS.ClH/c1-13-5-7-14(8-6-13)17-19(16(20)12-21-17)11-9-15-4-2-3-10-18-15;/h2-8,10,17H,9,11-12H2,1H3;1H. The van der Waals surface area contributed by atoms with E-state index >= 15 is 0 Å². The third-order valence-corrected chi connectivity index (χ3v) is 4.92. The van der Waals surface area contributed by atoms with E-state index in [2.05, 4.69) is 36.2 Å². The van der Waals surface area contributed by atoms with E-state index in [0.717, 1.165) is 18.7 Å². The molecule has 0 spiro atoms. The van der Waals surface area contributed by atoms with Crippen molar-refractivity contribution < 1.29 is 4.79 Å². The van der Waals surface area contributed by atoms with Gasteiger partial charge in [-0.15, -0.1) is 24.2 Å². The molecule has 0 N–H and O–H groups in total. The molecule has 3 rings (SSSR count). The van der Waals surface area contributed by atoms with Crippen LogP contribution in [0.3, 0.4) is 0 Å². The van der Waals surface area contributed by atoms with Gasteiger partial charge in [0.1, 0.15) is 5.37 Å². The summed E-state index contributed by atoms with van der Waals surface area (Å²) in [4.78, 5) is 18.4. The smallest absolute Gasteiger partial charge is 0.233 e. The van der Waals surface area contributed by atoms with E-state index in [0.29, 0.717) is 5.75 Å². The second-order valence-electron chi connectivity index (χ2n) is 5.23. The summed E-state index contributed by atoms with van der Waals surface area (Å²) < 4.78 is 0. The van der Waals surface area contributed by atoms with E-state index in [-0.39, 0.29) is 23.7 Å². The minimum atomic E-state index is 0. The van der Waals surface area contributed by atoms with Crippen LogP contribution in [0.15, 0.2) is 48.7 Å². The fourth-order valence-electron chi connectivity index (χ4n) is 2.48. The Kier molecular flexibility index (Phi) is 5.86. The van der Waals surface area contributed by atoms with Gasteiger partial charge in [0.2, 0.25) is 5.91 Å². The Morgan fingerprint density at radius 2 is 2.00 bits per heavy atom. The highest BCUT2D eigenvalue weighted by Gasteiger charge is 2.32. The van der Waals surface area contributed by atoms with Gasteiger partial charge in [0.15, 0.2) is 0 Å². The maximum Gasteiger partial charge on any atom is 0.233 e. The maximum atomic E-state index is 12.1. The Balaban J connectivity index is 0.00000176. The number of aromatic nitrogens is 1. The zero-order valence-electron chi connectivity index (χ0n) is 12.4. The van der Waals surface area contributed by atoms with Crippen molar-refractivity contribution >= 4 is 30.1 Å². The van der Waals surface area contributed by atoms with Crippen LogP contribution in [0.5, 0.6) is 0 Å². The minimum Gasteiger partial charge on any atom is -0.325 e. The van der Waals surface area contributed by atoms with E-state index < -0.39 is 0 Å². The van der Waals surface area contributed by atoms with Crippen molar-refractivity contribution in [1.82, 2.24) is 9.88 Å². The molecule has 0 radical (unpaired) electrons. The van der Waals surface area contributed by atoms with E-state index in [1.54, 1.807) is 18.0 Å². The molecule has 2 aromatic rings. The fourth-order valence-corrected chi connectivity index (χ4v) is 3.70. The van der Waals surface area contributed by atoms with Gasteiger partial charge in [0, 0.05) is 24.9 Å². The number of halogens is 1. The number of thioether (sulfide) groups is 1.